The highest BCUT2D eigenvalue weighted by Crippen LogP contribution is 2.32. The largest absolute Gasteiger partial charge is 0.340 e. The van der Waals surface area contributed by atoms with Crippen molar-refractivity contribution < 1.29 is 14.4 Å². The van der Waals surface area contributed by atoms with Gasteiger partial charge in [0.05, 0.1) is 6.04 Å². The number of carbonyl (C=O) groups is 3. The van der Waals surface area contributed by atoms with E-state index in [1.165, 1.54) is 12.8 Å². The van der Waals surface area contributed by atoms with E-state index >= 15 is 0 Å². The predicted molar refractivity (Wildman–Crippen MR) is 112 cm³/mol. The summed E-state index contributed by atoms with van der Waals surface area (Å²) in [6.45, 7) is 12.9. The van der Waals surface area contributed by atoms with E-state index in [1.54, 1.807) is 6.92 Å². The Morgan fingerprint density at radius 1 is 0.759 bits per heavy atom. The third-order valence-electron chi connectivity index (χ3n) is 6.77. The summed E-state index contributed by atoms with van der Waals surface area (Å²) in [4.78, 5) is 45.8. The number of carbonyl (C=O) groups excluding carboxylic acids is 3. The summed E-state index contributed by atoms with van der Waals surface area (Å²) < 4.78 is 0. The van der Waals surface area contributed by atoms with E-state index < -0.39 is 0 Å². The van der Waals surface area contributed by atoms with E-state index in [0.29, 0.717) is 45.2 Å². The molecule has 2 saturated heterocycles. The molecular formula is C22H38N4O3. The quantitative estimate of drug-likeness (QED) is 0.711. The highest BCUT2D eigenvalue weighted by atomic mass is 16.2. The maximum atomic E-state index is 13.5. The molecule has 0 radical (unpaired) electrons. The van der Waals surface area contributed by atoms with Gasteiger partial charge in [-0.15, -0.1) is 0 Å². The Labute approximate surface area is 175 Å². The molecule has 0 aromatic heterocycles. The van der Waals surface area contributed by atoms with Gasteiger partial charge in [-0.2, -0.15) is 0 Å². The maximum absolute atomic E-state index is 13.5. The lowest BCUT2D eigenvalue weighted by atomic mass is 9.92. The molecule has 29 heavy (non-hydrogen) atoms. The van der Waals surface area contributed by atoms with Crippen LogP contribution in [-0.2, 0) is 14.4 Å². The molecule has 0 spiro atoms. The van der Waals surface area contributed by atoms with Crippen LogP contribution in [0.15, 0.2) is 0 Å². The second kappa shape index (κ2) is 9.02. The van der Waals surface area contributed by atoms with Gasteiger partial charge in [-0.05, 0) is 18.8 Å². The Balaban J connectivity index is 1.65. The number of hydrogen-bond acceptors (Lipinski definition) is 4. The molecule has 0 bridgehead atoms. The molecule has 3 aliphatic rings. The second-order valence-corrected chi connectivity index (χ2v) is 9.90. The van der Waals surface area contributed by atoms with Crippen molar-refractivity contribution in [1.82, 2.24) is 19.6 Å². The van der Waals surface area contributed by atoms with Gasteiger partial charge in [0, 0.05) is 64.7 Å². The molecule has 2 heterocycles. The molecule has 3 amide bonds. The van der Waals surface area contributed by atoms with Crippen molar-refractivity contribution in [2.75, 3.05) is 52.4 Å². The van der Waals surface area contributed by atoms with Crippen molar-refractivity contribution >= 4 is 17.7 Å². The summed E-state index contributed by atoms with van der Waals surface area (Å²) in [6, 6.07) is -0.0757. The fourth-order valence-electron chi connectivity index (χ4n) is 5.04. The Hall–Kier alpha value is -1.63. The zero-order valence-electron chi connectivity index (χ0n) is 18.7. The van der Waals surface area contributed by atoms with Gasteiger partial charge in [0.1, 0.15) is 0 Å². The molecule has 1 unspecified atom stereocenters. The monoisotopic (exact) mass is 406 g/mol. The number of amides is 3. The molecule has 0 N–H and O–H groups in total. The van der Waals surface area contributed by atoms with Crippen LogP contribution in [0.5, 0.6) is 0 Å². The molecule has 2 aliphatic heterocycles. The van der Waals surface area contributed by atoms with Gasteiger partial charge in [0.2, 0.25) is 17.7 Å². The van der Waals surface area contributed by atoms with E-state index in [0.717, 1.165) is 25.9 Å². The summed E-state index contributed by atoms with van der Waals surface area (Å²) in [5.41, 5.74) is -0.362. The van der Waals surface area contributed by atoms with Crippen molar-refractivity contribution in [2.24, 2.45) is 11.3 Å². The first-order chi connectivity index (χ1) is 13.7. The minimum Gasteiger partial charge on any atom is -0.340 e. The van der Waals surface area contributed by atoms with Crippen molar-refractivity contribution in [3.8, 4) is 0 Å². The lowest BCUT2D eigenvalue weighted by Gasteiger charge is -2.44. The zero-order valence-corrected chi connectivity index (χ0v) is 18.7. The summed E-state index contributed by atoms with van der Waals surface area (Å²) in [7, 11) is 0. The van der Waals surface area contributed by atoms with Crippen LogP contribution in [0.4, 0.5) is 0 Å². The molecule has 164 valence electrons. The van der Waals surface area contributed by atoms with Crippen LogP contribution in [0.2, 0.25) is 0 Å². The van der Waals surface area contributed by atoms with E-state index in [4.69, 9.17) is 0 Å². The van der Waals surface area contributed by atoms with Crippen molar-refractivity contribution in [1.29, 1.82) is 0 Å². The average Bonchev–Trinajstić information content (AvgIpc) is 3.21. The van der Waals surface area contributed by atoms with E-state index in [-0.39, 0.29) is 29.2 Å². The zero-order chi connectivity index (χ0) is 21.2. The summed E-state index contributed by atoms with van der Waals surface area (Å²) >= 11 is 0. The first-order valence-electron chi connectivity index (χ1n) is 11.3. The Morgan fingerprint density at radius 3 is 1.72 bits per heavy atom. The predicted octanol–water partition coefficient (Wildman–Crippen LogP) is 1.43. The van der Waals surface area contributed by atoms with Gasteiger partial charge in [0.15, 0.2) is 0 Å². The van der Waals surface area contributed by atoms with Crippen LogP contribution in [0.1, 0.15) is 53.4 Å². The fraction of sp³-hybridized carbons (Fsp3) is 0.864. The number of piperazine rings is 2. The molecule has 0 aromatic rings. The molecule has 1 saturated carbocycles. The molecule has 3 fully saturated rings. The van der Waals surface area contributed by atoms with Crippen molar-refractivity contribution in [3.05, 3.63) is 0 Å². The van der Waals surface area contributed by atoms with Crippen molar-refractivity contribution in [2.45, 2.75) is 59.4 Å². The van der Waals surface area contributed by atoms with Gasteiger partial charge in [-0.25, -0.2) is 0 Å². The Morgan fingerprint density at radius 2 is 1.24 bits per heavy atom. The van der Waals surface area contributed by atoms with Crippen LogP contribution in [0.3, 0.4) is 0 Å². The first-order valence-corrected chi connectivity index (χ1v) is 11.3. The number of rotatable bonds is 3. The Bertz CT molecular complexity index is 608. The van der Waals surface area contributed by atoms with Crippen molar-refractivity contribution in [3.63, 3.8) is 0 Å². The third-order valence-corrected chi connectivity index (χ3v) is 6.77. The van der Waals surface area contributed by atoms with E-state index in [9.17, 15) is 14.4 Å². The van der Waals surface area contributed by atoms with Gasteiger partial charge >= 0.3 is 0 Å². The molecular weight excluding hydrogens is 368 g/mol. The standard InChI is InChI=1S/C22H38N4O3/c1-17(27)23-9-13-25(14-10-23)20(28)19(18-7-5-6-8-18)24-11-15-26(16-12-24)21(29)22(2,3)4/h18-19H,5-16H2,1-4H3. The van der Waals surface area contributed by atoms with Crippen LogP contribution in [0, 0.1) is 11.3 Å². The SMILES string of the molecule is CC(=O)N1CCN(C(=O)C(C2CCCC2)N2CCN(C(=O)C(C)(C)C)CC2)CC1. The van der Waals surface area contributed by atoms with Gasteiger partial charge in [-0.1, -0.05) is 33.6 Å². The molecule has 7 heteroatoms. The maximum Gasteiger partial charge on any atom is 0.240 e. The lowest BCUT2D eigenvalue weighted by Crippen LogP contribution is -2.61. The minimum atomic E-state index is -0.362. The minimum absolute atomic E-state index is 0.0757. The second-order valence-electron chi connectivity index (χ2n) is 9.90. The summed E-state index contributed by atoms with van der Waals surface area (Å²) in [6.07, 6.45) is 4.64. The normalized spacial score (nSPS) is 23.4. The van der Waals surface area contributed by atoms with Crippen LogP contribution in [0.25, 0.3) is 0 Å². The smallest absolute Gasteiger partial charge is 0.240 e. The molecule has 3 rings (SSSR count). The Kier molecular flexibility index (Phi) is 6.87. The van der Waals surface area contributed by atoms with E-state index in [1.807, 2.05) is 35.5 Å². The lowest BCUT2D eigenvalue weighted by molar-refractivity contribution is -0.147. The topological polar surface area (TPSA) is 64.2 Å². The van der Waals surface area contributed by atoms with Gasteiger partial charge < -0.3 is 14.7 Å². The number of hydrogen-bond donors (Lipinski definition) is 0. The van der Waals surface area contributed by atoms with Crippen LogP contribution >= 0.6 is 0 Å². The summed E-state index contributed by atoms with van der Waals surface area (Å²) in [5.74, 6) is 0.930. The molecule has 0 aromatic carbocycles. The third kappa shape index (κ3) is 5.11. The van der Waals surface area contributed by atoms with Gasteiger partial charge in [0.25, 0.3) is 0 Å². The van der Waals surface area contributed by atoms with Crippen LogP contribution in [-0.4, -0.2) is 95.7 Å². The first kappa shape index (κ1) is 22.1. The average molecular weight is 407 g/mol. The van der Waals surface area contributed by atoms with Gasteiger partial charge in [-0.3, -0.25) is 19.3 Å². The van der Waals surface area contributed by atoms with E-state index in [2.05, 4.69) is 4.90 Å². The molecule has 1 atom stereocenters. The highest BCUT2D eigenvalue weighted by molar-refractivity contribution is 5.83. The van der Waals surface area contributed by atoms with Crippen LogP contribution < -0.4 is 0 Å². The molecule has 1 aliphatic carbocycles. The molecule has 7 nitrogen and oxygen atoms in total. The number of nitrogens with zero attached hydrogens (tertiary/aromatic N) is 4. The summed E-state index contributed by atoms with van der Waals surface area (Å²) in [5, 5.41) is 0. The highest BCUT2D eigenvalue weighted by Gasteiger charge is 2.40. The fourth-order valence-corrected chi connectivity index (χ4v) is 5.04.